The molecule has 0 bridgehead atoms. The molecule has 3 aromatic carbocycles. The van der Waals surface area contributed by atoms with Crippen LogP contribution < -0.4 is 15.6 Å². The van der Waals surface area contributed by atoms with Gasteiger partial charge >= 0.3 is 0 Å². The van der Waals surface area contributed by atoms with Crippen LogP contribution in [-0.4, -0.2) is 51.9 Å². The lowest BCUT2D eigenvalue weighted by molar-refractivity contribution is 0.0946. The Balaban J connectivity index is 1.44. The Morgan fingerprint density at radius 1 is 1.00 bits per heavy atom. The van der Waals surface area contributed by atoms with Crippen LogP contribution in [0, 0.1) is 0 Å². The molecule has 200 valence electrons. The molecular formula is C31H33N5O3. The van der Waals surface area contributed by atoms with Gasteiger partial charge in [0.2, 0.25) is 0 Å². The van der Waals surface area contributed by atoms with Crippen molar-refractivity contribution < 1.29 is 9.53 Å². The monoisotopic (exact) mass is 523 g/mol. The van der Waals surface area contributed by atoms with Crippen molar-refractivity contribution in [2.45, 2.75) is 19.9 Å². The van der Waals surface area contributed by atoms with E-state index in [9.17, 15) is 9.59 Å². The molecule has 0 saturated carbocycles. The molecule has 0 fully saturated rings. The highest BCUT2D eigenvalue weighted by Gasteiger charge is 2.23. The molecule has 5 rings (SSSR count). The minimum absolute atomic E-state index is 0.230. The van der Waals surface area contributed by atoms with Crippen molar-refractivity contribution >= 4 is 27.7 Å². The zero-order valence-corrected chi connectivity index (χ0v) is 22.6. The van der Waals surface area contributed by atoms with Crippen molar-refractivity contribution in [2.75, 3.05) is 26.7 Å². The molecule has 0 aliphatic rings. The number of carbonyl (C=O) groups is 1. The van der Waals surface area contributed by atoms with Gasteiger partial charge in [0, 0.05) is 43.0 Å². The fourth-order valence-electron chi connectivity index (χ4n) is 5.02. The first-order valence-corrected chi connectivity index (χ1v) is 13.2. The van der Waals surface area contributed by atoms with E-state index < -0.39 is 0 Å². The number of aromatic nitrogens is 3. The van der Waals surface area contributed by atoms with Crippen molar-refractivity contribution in [3.63, 3.8) is 0 Å². The zero-order valence-electron chi connectivity index (χ0n) is 22.6. The largest absolute Gasteiger partial charge is 0.497 e. The quantitative estimate of drug-likeness (QED) is 0.272. The molecule has 0 saturated heterocycles. The topological polar surface area (TPSA) is 81.4 Å². The predicted octanol–water partition coefficient (Wildman–Crippen LogP) is 4.53. The summed E-state index contributed by atoms with van der Waals surface area (Å²) in [5.74, 6) is 0.369. The summed E-state index contributed by atoms with van der Waals surface area (Å²) in [6, 6.07) is 25.1. The second kappa shape index (κ2) is 11.5. The highest BCUT2D eigenvalue weighted by Crippen LogP contribution is 2.28. The normalized spacial score (nSPS) is 11.4. The lowest BCUT2D eigenvalue weighted by Gasteiger charge is -2.20. The number of methoxy groups -OCH3 is 1. The minimum Gasteiger partial charge on any atom is -0.497 e. The van der Waals surface area contributed by atoms with E-state index >= 15 is 0 Å². The number of aryl methyl sites for hydroxylation is 1. The lowest BCUT2D eigenvalue weighted by Crippen LogP contribution is -2.32. The van der Waals surface area contributed by atoms with Crippen LogP contribution in [0.4, 0.5) is 0 Å². The van der Waals surface area contributed by atoms with Crippen molar-refractivity contribution in [3.8, 4) is 11.4 Å². The number of fused-ring (bicyclic) bond motifs is 3. The van der Waals surface area contributed by atoms with Crippen LogP contribution in [0.2, 0.25) is 0 Å². The van der Waals surface area contributed by atoms with E-state index in [4.69, 9.17) is 4.74 Å². The number of nitrogens with one attached hydrogen (secondary N) is 1. The van der Waals surface area contributed by atoms with Crippen LogP contribution in [0.5, 0.6) is 5.75 Å². The molecule has 0 atom stereocenters. The van der Waals surface area contributed by atoms with Crippen LogP contribution >= 0.6 is 0 Å². The minimum atomic E-state index is -0.301. The van der Waals surface area contributed by atoms with E-state index in [2.05, 4.69) is 46.5 Å². The van der Waals surface area contributed by atoms with Crippen molar-refractivity contribution in [1.29, 1.82) is 0 Å². The van der Waals surface area contributed by atoms with E-state index in [1.807, 2.05) is 41.9 Å². The van der Waals surface area contributed by atoms with E-state index in [1.54, 1.807) is 31.4 Å². The van der Waals surface area contributed by atoms with Crippen molar-refractivity contribution in [3.05, 3.63) is 100 Å². The standard InChI is InChI=1S/C31H33N5O3/c1-4-35(21-22-11-6-5-7-12-22)20-10-19-32-30(37)28-27-25-13-8-9-14-26(25)34(2)29(27)31(38)36(33-28)23-15-17-24(39-3)18-16-23/h5-9,11-18H,4,10,19-21H2,1-3H3,(H,32,37). The number of ether oxygens (including phenoxy) is 1. The first-order valence-electron chi connectivity index (χ1n) is 13.2. The van der Waals surface area contributed by atoms with Crippen LogP contribution in [0.1, 0.15) is 29.4 Å². The number of hydrogen-bond acceptors (Lipinski definition) is 5. The third kappa shape index (κ3) is 5.28. The van der Waals surface area contributed by atoms with Gasteiger partial charge in [-0.15, -0.1) is 0 Å². The predicted molar refractivity (Wildman–Crippen MR) is 155 cm³/mol. The van der Waals surface area contributed by atoms with Crippen LogP contribution in [0.3, 0.4) is 0 Å². The molecular weight excluding hydrogens is 490 g/mol. The lowest BCUT2D eigenvalue weighted by atomic mass is 10.1. The van der Waals surface area contributed by atoms with Gasteiger partial charge in [-0.25, -0.2) is 0 Å². The fraction of sp³-hybridized carbons (Fsp3) is 0.258. The third-order valence-electron chi connectivity index (χ3n) is 7.10. The van der Waals surface area contributed by atoms with Gasteiger partial charge in [-0.05, 0) is 48.9 Å². The van der Waals surface area contributed by atoms with Crippen LogP contribution in [-0.2, 0) is 13.6 Å². The number of benzene rings is 3. The Hall–Kier alpha value is -4.43. The van der Waals surface area contributed by atoms with E-state index in [-0.39, 0.29) is 17.2 Å². The molecule has 0 radical (unpaired) electrons. The van der Waals surface area contributed by atoms with E-state index in [0.29, 0.717) is 28.9 Å². The Morgan fingerprint density at radius 3 is 2.44 bits per heavy atom. The number of nitrogens with zero attached hydrogens (tertiary/aromatic N) is 4. The SMILES string of the molecule is CCN(CCCNC(=O)c1nn(-c2ccc(OC)cc2)c(=O)c2c1c1ccccc1n2C)Cc1ccccc1. The molecule has 2 heterocycles. The molecule has 0 spiro atoms. The highest BCUT2D eigenvalue weighted by atomic mass is 16.5. The molecule has 1 N–H and O–H groups in total. The van der Waals surface area contributed by atoms with Crippen LogP contribution in [0.15, 0.2) is 83.7 Å². The maximum Gasteiger partial charge on any atom is 0.296 e. The van der Waals surface area contributed by atoms with Gasteiger partial charge in [-0.2, -0.15) is 9.78 Å². The van der Waals surface area contributed by atoms with Gasteiger partial charge in [0.05, 0.1) is 12.8 Å². The third-order valence-corrected chi connectivity index (χ3v) is 7.10. The molecule has 0 aliphatic carbocycles. The average Bonchev–Trinajstić information content (AvgIpc) is 3.28. The second-order valence-corrected chi connectivity index (χ2v) is 9.53. The summed E-state index contributed by atoms with van der Waals surface area (Å²) in [4.78, 5) is 29.6. The summed E-state index contributed by atoms with van der Waals surface area (Å²) in [7, 11) is 3.43. The Kier molecular flexibility index (Phi) is 7.74. The van der Waals surface area contributed by atoms with Gasteiger partial charge in [-0.3, -0.25) is 14.5 Å². The summed E-state index contributed by atoms with van der Waals surface area (Å²) >= 11 is 0. The van der Waals surface area contributed by atoms with Gasteiger partial charge in [0.25, 0.3) is 11.5 Å². The van der Waals surface area contributed by atoms with Gasteiger partial charge in [0.1, 0.15) is 11.3 Å². The summed E-state index contributed by atoms with van der Waals surface area (Å²) in [5.41, 5.74) is 3.08. The molecule has 8 heteroatoms. The number of hydrogen-bond donors (Lipinski definition) is 1. The van der Waals surface area contributed by atoms with Crippen molar-refractivity contribution in [2.24, 2.45) is 7.05 Å². The smallest absolute Gasteiger partial charge is 0.296 e. The Bertz CT molecular complexity index is 1660. The molecule has 0 unspecified atom stereocenters. The summed E-state index contributed by atoms with van der Waals surface area (Å²) in [5, 5.41) is 9.05. The molecule has 1 amide bonds. The molecule has 0 aliphatic heterocycles. The zero-order chi connectivity index (χ0) is 27.4. The van der Waals surface area contributed by atoms with Gasteiger partial charge in [-0.1, -0.05) is 55.5 Å². The first-order chi connectivity index (χ1) is 19.0. The Labute approximate surface area is 227 Å². The average molecular weight is 524 g/mol. The summed E-state index contributed by atoms with van der Waals surface area (Å²) in [6.45, 7) is 5.29. The van der Waals surface area contributed by atoms with E-state index in [0.717, 1.165) is 37.0 Å². The maximum atomic E-state index is 13.7. The first kappa shape index (κ1) is 26.2. The molecule has 5 aromatic rings. The molecule has 39 heavy (non-hydrogen) atoms. The van der Waals surface area contributed by atoms with Gasteiger partial charge < -0.3 is 14.6 Å². The summed E-state index contributed by atoms with van der Waals surface area (Å²) in [6.07, 6.45) is 0.795. The van der Waals surface area contributed by atoms with Gasteiger partial charge in [0.15, 0.2) is 5.69 Å². The number of rotatable bonds is 10. The number of carbonyl (C=O) groups excluding carboxylic acids is 1. The number of amides is 1. The summed E-state index contributed by atoms with van der Waals surface area (Å²) < 4.78 is 8.40. The second-order valence-electron chi connectivity index (χ2n) is 9.53. The van der Waals surface area contributed by atoms with E-state index in [1.165, 1.54) is 10.2 Å². The fourth-order valence-corrected chi connectivity index (χ4v) is 5.02. The number of para-hydroxylation sites is 1. The van der Waals surface area contributed by atoms with Crippen LogP contribution in [0.25, 0.3) is 27.5 Å². The van der Waals surface area contributed by atoms with Crippen molar-refractivity contribution in [1.82, 2.24) is 24.6 Å². The Morgan fingerprint density at radius 2 is 1.72 bits per heavy atom. The molecule has 8 nitrogen and oxygen atoms in total. The highest BCUT2D eigenvalue weighted by molar-refractivity contribution is 6.16. The molecule has 2 aromatic heterocycles. The maximum absolute atomic E-state index is 13.7.